The number of likely N-dealkylation sites (tertiary alicyclic amines) is 1. The van der Waals surface area contributed by atoms with E-state index >= 15 is 0 Å². The SMILES string of the molecule is CCCC(C)NC(=O)C1N(CCCCCO)C(=O)[C@@H]2[C@@H](C(=O)Nc3ccccc3)[C@H]3CCC12O3. The number of hydrogen-bond acceptors (Lipinski definition) is 5. The lowest BCUT2D eigenvalue weighted by Crippen LogP contribution is -2.56. The molecule has 3 N–H and O–H groups in total. The molecule has 0 aromatic heterocycles. The normalized spacial score (nSPS) is 30.3. The number of para-hydroxylation sites is 1. The highest BCUT2D eigenvalue weighted by Crippen LogP contribution is 2.58. The number of aliphatic hydroxyl groups is 1. The minimum atomic E-state index is -0.965. The molecule has 4 rings (SSSR count). The van der Waals surface area contributed by atoms with Gasteiger partial charge in [0.1, 0.15) is 11.6 Å². The first-order valence-corrected chi connectivity index (χ1v) is 12.7. The molecule has 34 heavy (non-hydrogen) atoms. The lowest BCUT2D eigenvalue weighted by atomic mass is 9.70. The maximum absolute atomic E-state index is 13.8. The predicted octanol–water partition coefficient (Wildman–Crippen LogP) is 2.47. The van der Waals surface area contributed by atoms with Gasteiger partial charge in [-0.25, -0.2) is 0 Å². The van der Waals surface area contributed by atoms with Gasteiger partial charge in [-0.15, -0.1) is 0 Å². The second kappa shape index (κ2) is 10.4. The molecule has 0 saturated carbocycles. The zero-order valence-electron chi connectivity index (χ0n) is 20.2. The van der Waals surface area contributed by atoms with Gasteiger partial charge >= 0.3 is 0 Å². The van der Waals surface area contributed by atoms with Gasteiger partial charge in [-0.2, -0.15) is 0 Å². The summed E-state index contributed by atoms with van der Waals surface area (Å²) >= 11 is 0. The Morgan fingerprint density at radius 2 is 1.97 bits per heavy atom. The Morgan fingerprint density at radius 1 is 1.21 bits per heavy atom. The molecule has 1 spiro atoms. The first kappa shape index (κ1) is 24.7. The number of nitrogens with one attached hydrogen (secondary N) is 2. The van der Waals surface area contributed by atoms with Gasteiger partial charge in [-0.05, 0) is 57.6 Å². The molecule has 3 amide bonds. The third kappa shape index (κ3) is 4.45. The van der Waals surface area contributed by atoms with Crippen LogP contribution < -0.4 is 10.6 Å². The quantitative estimate of drug-likeness (QED) is 0.430. The number of ether oxygens (including phenoxy) is 1. The number of rotatable bonds is 11. The number of unbranched alkanes of at least 4 members (excludes halogenated alkanes) is 2. The minimum Gasteiger partial charge on any atom is -0.396 e. The van der Waals surface area contributed by atoms with E-state index in [0.29, 0.717) is 37.9 Å². The van der Waals surface area contributed by atoms with Crippen molar-refractivity contribution in [3.05, 3.63) is 30.3 Å². The first-order valence-electron chi connectivity index (χ1n) is 12.7. The Kier molecular flexibility index (Phi) is 7.57. The predicted molar refractivity (Wildman–Crippen MR) is 128 cm³/mol. The zero-order valence-corrected chi connectivity index (χ0v) is 20.2. The van der Waals surface area contributed by atoms with Crippen molar-refractivity contribution in [2.75, 3.05) is 18.5 Å². The van der Waals surface area contributed by atoms with E-state index in [1.165, 1.54) is 0 Å². The lowest BCUT2D eigenvalue weighted by Gasteiger charge is -2.34. The summed E-state index contributed by atoms with van der Waals surface area (Å²) in [6.07, 6.45) is 4.79. The van der Waals surface area contributed by atoms with Crippen molar-refractivity contribution in [2.45, 2.75) is 82.6 Å². The van der Waals surface area contributed by atoms with Crippen LogP contribution in [0, 0.1) is 11.8 Å². The summed E-state index contributed by atoms with van der Waals surface area (Å²) in [5.41, 5.74) is -0.286. The summed E-state index contributed by atoms with van der Waals surface area (Å²) in [4.78, 5) is 42.3. The number of aliphatic hydroxyl groups excluding tert-OH is 1. The number of benzene rings is 1. The molecule has 6 atom stereocenters. The molecular weight excluding hydrogens is 434 g/mol. The Morgan fingerprint density at radius 3 is 2.68 bits per heavy atom. The van der Waals surface area contributed by atoms with Crippen molar-refractivity contribution < 1.29 is 24.2 Å². The van der Waals surface area contributed by atoms with Crippen molar-refractivity contribution in [3.8, 4) is 0 Å². The van der Waals surface area contributed by atoms with Crippen molar-refractivity contribution in [2.24, 2.45) is 11.8 Å². The monoisotopic (exact) mass is 471 g/mol. The molecule has 0 radical (unpaired) electrons. The third-order valence-electron chi connectivity index (χ3n) is 7.56. The third-order valence-corrected chi connectivity index (χ3v) is 7.56. The molecule has 3 fully saturated rings. The standard InChI is InChI=1S/C26H37N3O5/c1-3-10-17(2)27-24(32)22-26-14-13-19(34-26)20(23(31)28-18-11-6-4-7-12-18)21(26)25(33)29(22)15-8-5-9-16-30/h4,6-7,11-12,17,19-22,30H,3,5,8-10,13-16H2,1-2H3,(H,27,32)(H,28,31)/t17?,19-,20+,21+,22?,26?/m1/s1. The fraction of sp³-hybridized carbons (Fsp3) is 0.654. The highest BCUT2D eigenvalue weighted by molar-refractivity contribution is 6.02. The van der Waals surface area contributed by atoms with E-state index in [1.807, 2.05) is 37.3 Å². The van der Waals surface area contributed by atoms with E-state index in [0.717, 1.165) is 19.3 Å². The fourth-order valence-electron chi connectivity index (χ4n) is 6.14. The molecule has 3 unspecified atom stereocenters. The number of fused-ring (bicyclic) bond motifs is 1. The van der Waals surface area contributed by atoms with Crippen molar-refractivity contribution in [3.63, 3.8) is 0 Å². The van der Waals surface area contributed by atoms with Crippen molar-refractivity contribution in [1.29, 1.82) is 0 Å². The molecule has 3 saturated heterocycles. The lowest BCUT2D eigenvalue weighted by molar-refractivity contribution is -0.141. The van der Waals surface area contributed by atoms with Gasteiger partial charge in [0.25, 0.3) is 0 Å². The smallest absolute Gasteiger partial charge is 0.246 e. The highest BCUT2D eigenvalue weighted by Gasteiger charge is 2.74. The van der Waals surface area contributed by atoms with E-state index in [-0.39, 0.29) is 36.5 Å². The van der Waals surface area contributed by atoms with E-state index in [4.69, 9.17) is 9.84 Å². The van der Waals surface area contributed by atoms with Crippen LogP contribution in [0.15, 0.2) is 30.3 Å². The molecule has 1 aromatic rings. The van der Waals surface area contributed by atoms with Crippen LogP contribution in [0.4, 0.5) is 5.69 Å². The van der Waals surface area contributed by atoms with Crippen LogP contribution in [-0.2, 0) is 19.1 Å². The van der Waals surface area contributed by atoms with Crippen LogP contribution in [-0.4, -0.2) is 64.7 Å². The minimum absolute atomic E-state index is 0.00456. The average Bonchev–Trinajstić information content (AvgIpc) is 3.45. The van der Waals surface area contributed by atoms with Gasteiger partial charge in [-0.3, -0.25) is 14.4 Å². The second-order valence-corrected chi connectivity index (χ2v) is 9.93. The molecule has 3 aliphatic heterocycles. The fourth-order valence-corrected chi connectivity index (χ4v) is 6.14. The summed E-state index contributed by atoms with van der Waals surface area (Å²) in [5.74, 6) is -1.86. The van der Waals surface area contributed by atoms with Gasteiger partial charge < -0.3 is 25.4 Å². The number of anilines is 1. The van der Waals surface area contributed by atoms with Crippen LogP contribution in [0.5, 0.6) is 0 Å². The maximum Gasteiger partial charge on any atom is 0.246 e. The number of carbonyl (C=O) groups is 3. The number of carbonyl (C=O) groups excluding carboxylic acids is 3. The largest absolute Gasteiger partial charge is 0.396 e. The second-order valence-electron chi connectivity index (χ2n) is 9.93. The Hall–Kier alpha value is -2.45. The van der Waals surface area contributed by atoms with Crippen LogP contribution in [0.3, 0.4) is 0 Å². The van der Waals surface area contributed by atoms with Gasteiger partial charge in [0.2, 0.25) is 17.7 Å². The molecule has 1 aromatic carbocycles. The van der Waals surface area contributed by atoms with E-state index in [1.54, 1.807) is 4.90 Å². The van der Waals surface area contributed by atoms with Crippen molar-refractivity contribution >= 4 is 23.4 Å². The summed E-state index contributed by atoms with van der Waals surface area (Å²) in [7, 11) is 0. The Balaban J connectivity index is 1.60. The topological polar surface area (TPSA) is 108 Å². The van der Waals surface area contributed by atoms with Crippen molar-refractivity contribution in [1.82, 2.24) is 10.2 Å². The first-order chi connectivity index (χ1) is 16.4. The molecule has 8 nitrogen and oxygen atoms in total. The summed E-state index contributed by atoms with van der Waals surface area (Å²) < 4.78 is 6.43. The molecule has 2 bridgehead atoms. The molecule has 3 aliphatic rings. The van der Waals surface area contributed by atoms with E-state index in [9.17, 15) is 14.4 Å². The van der Waals surface area contributed by atoms with Crippen LogP contribution >= 0.6 is 0 Å². The summed E-state index contributed by atoms with van der Waals surface area (Å²) in [6, 6.07) is 8.47. The maximum atomic E-state index is 13.8. The van der Waals surface area contributed by atoms with Crippen LogP contribution in [0.1, 0.15) is 58.8 Å². The molecule has 0 aliphatic carbocycles. The van der Waals surface area contributed by atoms with E-state index in [2.05, 4.69) is 17.6 Å². The molecule has 186 valence electrons. The molecular formula is C26H37N3O5. The van der Waals surface area contributed by atoms with Crippen LogP contribution in [0.2, 0.25) is 0 Å². The van der Waals surface area contributed by atoms with Gasteiger partial charge in [0.15, 0.2) is 0 Å². The van der Waals surface area contributed by atoms with Gasteiger partial charge in [-0.1, -0.05) is 31.5 Å². The zero-order chi connectivity index (χ0) is 24.3. The average molecular weight is 472 g/mol. The Labute approximate surface area is 201 Å². The van der Waals surface area contributed by atoms with Crippen LogP contribution in [0.25, 0.3) is 0 Å². The highest BCUT2D eigenvalue weighted by atomic mass is 16.5. The number of amides is 3. The van der Waals surface area contributed by atoms with E-state index < -0.39 is 23.5 Å². The molecule has 8 heteroatoms. The summed E-state index contributed by atoms with van der Waals surface area (Å²) in [5, 5.41) is 15.2. The number of nitrogens with zero attached hydrogens (tertiary/aromatic N) is 1. The Bertz CT molecular complexity index is 894. The van der Waals surface area contributed by atoms with Gasteiger partial charge in [0, 0.05) is 24.9 Å². The van der Waals surface area contributed by atoms with Gasteiger partial charge in [0.05, 0.1) is 17.9 Å². The number of hydrogen-bond donors (Lipinski definition) is 3. The molecule has 3 heterocycles. The summed E-state index contributed by atoms with van der Waals surface area (Å²) in [6.45, 7) is 4.56.